The van der Waals surface area contributed by atoms with Crippen LogP contribution in [0.3, 0.4) is 0 Å². The van der Waals surface area contributed by atoms with Gasteiger partial charge in [0.25, 0.3) is 0 Å². The van der Waals surface area contributed by atoms with E-state index in [1.807, 2.05) is 35.2 Å². The fourth-order valence-electron chi connectivity index (χ4n) is 3.83. The second-order valence-corrected chi connectivity index (χ2v) is 7.42. The highest BCUT2D eigenvalue weighted by Gasteiger charge is 2.45. The molecule has 1 fully saturated rings. The predicted octanol–water partition coefficient (Wildman–Crippen LogP) is 2.79. The monoisotopic (exact) mass is 408 g/mol. The van der Waals surface area contributed by atoms with E-state index in [9.17, 15) is 9.90 Å². The number of anilines is 3. The Morgan fingerprint density at radius 1 is 1.21 bits per heavy atom. The van der Waals surface area contributed by atoms with Crippen LogP contribution in [0, 0.1) is 0 Å². The van der Waals surface area contributed by atoms with Crippen molar-refractivity contribution in [1.82, 2.24) is 15.0 Å². The van der Waals surface area contributed by atoms with E-state index in [1.165, 1.54) is 23.5 Å². The molecule has 0 saturated carbocycles. The summed E-state index contributed by atoms with van der Waals surface area (Å²) in [6, 6.07) is 10.4. The SMILES string of the molecule is O=C(Nc1cnccn1)N1c2nc(-c3cccc(Cl)c3)ccc2N2C[C@@H](O)[C@H]1C2. The second-order valence-electron chi connectivity index (χ2n) is 6.98. The van der Waals surface area contributed by atoms with Crippen LogP contribution in [-0.4, -0.2) is 51.3 Å². The number of carbonyl (C=O) groups is 1. The lowest BCUT2D eigenvalue weighted by Crippen LogP contribution is -2.51. The van der Waals surface area contributed by atoms with Gasteiger partial charge in [-0.15, -0.1) is 0 Å². The Bertz CT molecular complexity index is 1080. The van der Waals surface area contributed by atoms with Gasteiger partial charge in [-0.3, -0.25) is 15.2 Å². The zero-order valence-corrected chi connectivity index (χ0v) is 16.0. The van der Waals surface area contributed by atoms with Crippen molar-refractivity contribution in [2.24, 2.45) is 0 Å². The van der Waals surface area contributed by atoms with Gasteiger partial charge in [0.15, 0.2) is 11.6 Å². The van der Waals surface area contributed by atoms with E-state index < -0.39 is 18.2 Å². The molecule has 2 bridgehead atoms. The molecule has 29 heavy (non-hydrogen) atoms. The number of rotatable bonds is 2. The van der Waals surface area contributed by atoms with E-state index >= 15 is 0 Å². The Morgan fingerprint density at radius 2 is 2.10 bits per heavy atom. The Labute approximate surface area is 171 Å². The Balaban J connectivity index is 1.57. The Hall–Kier alpha value is -3.23. The molecule has 5 rings (SSSR count). The number of nitrogens with one attached hydrogen (secondary N) is 1. The summed E-state index contributed by atoms with van der Waals surface area (Å²) in [7, 11) is 0. The van der Waals surface area contributed by atoms with Crippen LogP contribution in [0.5, 0.6) is 0 Å². The second kappa shape index (κ2) is 6.98. The lowest BCUT2D eigenvalue weighted by molar-refractivity contribution is 0.176. The van der Waals surface area contributed by atoms with E-state index in [4.69, 9.17) is 16.6 Å². The van der Waals surface area contributed by atoms with E-state index in [1.54, 1.807) is 6.07 Å². The lowest BCUT2D eigenvalue weighted by Gasteiger charge is -2.36. The van der Waals surface area contributed by atoms with Crippen LogP contribution in [0.2, 0.25) is 5.02 Å². The van der Waals surface area contributed by atoms with Gasteiger partial charge in [0, 0.05) is 36.1 Å². The molecule has 0 unspecified atom stereocenters. The fraction of sp³-hybridized carbons (Fsp3) is 0.200. The largest absolute Gasteiger partial charge is 0.389 e. The van der Waals surface area contributed by atoms with Crippen LogP contribution in [0.1, 0.15) is 0 Å². The summed E-state index contributed by atoms with van der Waals surface area (Å²) in [6.45, 7) is 0.991. The summed E-state index contributed by atoms with van der Waals surface area (Å²) in [5, 5.41) is 13.9. The van der Waals surface area contributed by atoms with Crippen molar-refractivity contribution in [2.45, 2.75) is 12.1 Å². The van der Waals surface area contributed by atoms with Crippen LogP contribution < -0.4 is 15.1 Å². The first kappa shape index (κ1) is 17.8. The van der Waals surface area contributed by atoms with Gasteiger partial charge in [0.2, 0.25) is 0 Å². The maximum absolute atomic E-state index is 13.1. The topological polar surface area (TPSA) is 94.5 Å². The minimum atomic E-state index is -0.675. The van der Waals surface area contributed by atoms with Gasteiger partial charge in [-0.05, 0) is 24.3 Å². The number of halogens is 1. The molecule has 4 heterocycles. The van der Waals surface area contributed by atoms with Crippen molar-refractivity contribution in [1.29, 1.82) is 0 Å². The predicted molar refractivity (Wildman–Crippen MR) is 110 cm³/mol. The summed E-state index contributed by atoms with van der Waals surface area (Å²) in [5.41, 5.74) is 2.35. The quantitative estimate of drug-likeness (QED) is 0.677. The van der Waals surface area contributed by atoms with Crippen molar-refractivity contribution in [3.05, 3.63) is 60.0 Å². The van der Waals surface area contributed by atoms with Crippen molar-refractivity contribution in [3.63, 3.8) is 0 Å². The zero-order chi connectivity index (χ0) is 20.0. The van der Waals surface area contributed by atoms with Crippen LogP contribution >= 0.6 is 11.6 Å². The van der Waals surface area contributed by atoms with Gasteiger partial charge in [0.05, 0.1) is 29.7 Å². The van der Waals surface area contributed by atoms with Gasteiger partial charge in [-0.2, -0.15) is 0 Å². The van der Waals surface area contributed by atoms with Crippen molar-refractivity contribution < 1.29 is 9.90 Å². The minimum absolute atomic E-state index is 0.333. The van der Waals surface area contributed by atoms with Crippen molar-refractivity contribution in [2.75, 3.05) is 28.2 Å². The number of carbonyl (C=O) groups excluding carboxylic acids is 1. The van der Waals surface area contributed by atoms with Crippen molar-refractivity contribution >= 4 is 35.0 Å². The first-order valence-electron chi connectivity index (χ1n) is 9.16. The number of fused-ring (bicyclic) bond motifs is 4. The molecule has 3 aromatic rings. The fourth-order valence-corrected chi connectivity index (χ4v) is 4.02. The molecular formula is C20H17ClN6O2. The smallest absolute Gasteiger partial charge is 0.329 e. The number of amides is 2. The van der Waals surface area contributed by atoms with Gasteiger partial charge in [-0.1, -0.05) is 23.7 Å². The maximum Gasteiger partial charge on any atom is 0.329 e. The zero-order valence-electron chi connectivity index (χ0n) is 15.2. The number of urea groups is 1. The summed E-state index contributed by atoms with van der Waals surface area (Å²) in [4.78, 5) is 29.5. The van der Waals surface area contributed by atoms with Gasteiger partial charge in [-0.25, -0.2) is 14.8 Å². The normalized spacial score (nSPS) is 19.8. The molecular weight excluding hydrogens is 392 g/mol. The molecule has 1 aromatic carbocycles. The molecule has 2 amide bonds. The Kier molecular flexibility index (Phi) is 4.30. The highest BCUT2D eigenvalue weighted by Crippen LogP contribution is 2.40. The number of hydrogen-bond acceptors (Lipinski definition) is 6. The average molecular weight is 409 g/mol. The van der Waals surface area contributed by atoms with E-state index in [2.05, 4.69) is 15.3 Å². The molecule has 1 saturated heterocycles. The molecule has 2 aliphatic heterocycles. The molecule has 8 nitrogen and oxygen atoms in total. The van der Waals surface area contributed by atoms with Gasteiger partial charge >= 0.3 is 6.03 Å². The number of aliphatic hydroxyl groups is 1. The molecule has 9 heteroatoms. The first-order valence-corrected chi connectivity index (χ1v) is 9.54. The molecule has 2 atom stereocenters. The van der Waals surface area contributed by atoms with Crippen LogP contribution in [0.15, 0.2) is 55.0 Å². The van der Waals surface area contributed by atoms with E-state index in [0.29, 0.717) is 35.4 Å². The third-order valence-electron chi connectivity index (χ3n) is 5.15. The van der Waals surface area contributed by atoms with Gasteiger partial charge < -0.3 is 10.0 Å². The molecule has 0 spiro atoms. The van der Waals surface area contributed by atoms with Crippen LogP contribution in [0.25, 0.3) is 11.3 Å². The third kappa shape index (κ3) is 3.16. The summed E-state index contributed by atoms with van der Waals surface area (Å²) in [6.07, 6.45) is 3.83. The number of nitrogens with zero attached hydrogens (tertiary/aromatic N) is 5. The number of aromatic nitrogens is 3. The van der Waals surface area contributed by atoms with E-state index in [-0.39, 0.29) is 0 Å². The lowest BCUT2D eigenvalue weighted by atomic mass is 10.1. The minimum Gasteiger partial charge on any atom is -0.389 e. The summed E-state index contributed by atoms with van der Waals surface area (Å²) in [5.74, 6) is 0.830. The Morgan fingerprint density at radius 3 is 2.90 bits per heavy atom. The number of pyridine rings is 1. The number of aliphatic hydroxyl groups excluding tert-OH is 1. The molecule has 2 aromatic heterocycles. The standard InChI is InChI=1S/C20H17ClN6O2/c21-13-3-1-2-12(8-13)14-4-5-15-19(24-14)27(16-10-26(15)11-17(16)28)20(29)25-18-9-22-6-7-23-18/h1-9,16-17,28H,10-11H2,(H,23,25,29)/t16-,17-/m1/s1. The highest BCUT2D eigenvalue weighted by atomic mass is 35.5. The van der Waals surface area contributed by atoms with Gasteiger partial charge in [0.1, 0.15) is 0 Å². The third-order valence-corrected chi connectivity index (χ3v) is 5.39. The van der Waals surface area contributed by atoms with Crippen LogP contribution in [0.4, 0.5) is 22.1 Å². The summed E-state index contributed by atoms with van der Waals surface area (Å²) < 4.78 is 0. The first-order chi connectivity index (χ1) is 14.1. The molecule has 0 aliphatic carbocycles. The van der Waals surface area contributed by atoms with Crippen molar-refractivity contribution in [3.8, 4) is 11.3 Å². The molecule has 2 aliphatic rings. The molecule has 0 radical (unpaired) electrons. The number of hydrogen-bond donors (Lipinski definition) is 2. The highest BCUT2D eigenvalue weighted by molar-refractivity contribution is 6.30. The average Bonchev–Trinajstić information content (AvgIpc) is 3.05. The summed E-state index contributed by atoms with van der Waals surface area (Å²) >= 11 is 6.13. The number of benzene rings is 1. The molecule has 146 valence electrons. The van der Waals surface area contributed by atoms with E-state index in [0.717, 1.165) is 11.3 Å². The van der Waals surface area contributed by atoms with Crippen LogP contribution in [-0.2, 0) is 0 Å². The maximum atomic E-state index is 13.1. The molecule has 2 N–H and O–H groups in total.